The van der Waals surface area contributed by atoms with Crippen LogP contribution in [-0.4, -0.2) is 32.6 Å². The van der Waals surface area contributed by atoms with E-state index in [4.69, 9.17) is 21.1 Å². The van der Waals surface area contributed by atoms with Crippen molar-refractivity contribution in [2.24, 2.45) is 0 Å². The van der Waals surface area contributed by atoms with Crippen molar-refractivity contribution in [1.29, 1.82) is 0 Å². The maximum absolute atomic E-state index is 11.9. The maximum atomic E-state index is 11.9. The van der Waals surface area contributed by atoms with Crippen molar-refractivity contribution >= 4 is 51.1 Å². The van der Waals surface area contributed by atoms with Gasteiger partial charge in [-0.15, -0.1) is 0 Å². The Morgan fingerprint density at radius 3 is 2.50 bits per heavy atom. The van der Waals surface area contributed by atoms with E-state index in [1.165, 1.54) is 20.3 Å². The summed E-state index contributed by atoms with van der Waals surface area (Å²) in [5.41, 5.74) is 1.38. The average molecular weight is 468 g/mol. The molecule has 2 amide bonds. The third-order valence-electron chi connectivity index (χ3n) is 3.66. The van der Waals surface area contributed by atoms with Gasteiger partial charge in [-0.2, -0.15) is 0 Å². The van der Waals surface area contributed by atoms with Gasteiger partial charge in [-0.1, -0.05) is 27.5 Å². The Morgan fingerprint density at radius 2 is 1.86 bits per heavy atom. The number of nitrogens with one attached hydrogen (secondary N) is 2. The van der Waals surface area contributed by atoms with Crippen molar-refractivity contribution in [2.45, 2.75) is 6.42 Å². The molecule has 0 aromatic heterocycles. The molecule has 8 heteroatoms. The number of hydrogen-bond acceptors (Lipinski definition) is 4. The summed E-state index contributed by atoms with van der Waals surface area (Å²) in [4.78, 5) is 23.8. The number of benzene rings is 2. The highest BCUT2D eigenvalue weighted by atomic mass is 79.9. The van der Waals surface area contributed by atoms with E-state index < -0.39 is 0 Å². The lowest BCUT2D eigenvalue weighted by molar-refractivity contribution is -0.117. The van der Waals surface area contributed by atoms with Crippen LogP contribution in [0.25, 0.3) is 6.08 Å². The number of amides is 2. The molecule has 0 aliphatic carbocycles. The van der Waals surface area contributed by atoms with Crippen molar-refractivity contribution in [3.8, 4) is 11.5 Å². The number of halogens is 2. The molecule has 2 rings (SSSR count). The summed E-state index contributed by atoms with van der Waals surface area (Å²) in [7, 11) is 3.01. The Balaban J connectivity index is 1.82. The van der Waals surface area contributed by atoms with Crippen LogP contribution in [0.4, 0.5) is 5.69 Å². The molecule has 2 aromatic carbocycles. The first-order valence-electron chi connectivity index (χ1n) is 8.35. The monoisotopic (exact) mass is 466 g/mol. The van der Waals surface area contributed by atoms with Gasteiger partial charge < -0.3 is 20.1 Å². The first-order valence-corrected chi connectivity index (χ1v) is 9.53. The largest absolute Gasteiger partial charge is 0.493 e. The van der Waals surface area contributed by atoms with E-state index in [0.717, 1.165) is 4.47 Å². The molecule has 0 heterocycles. The summed E-state index contributed by atoms with van der Waals surface area (Å²) >= 11 is 9.47. The highest BCUT2D eigenvalue weighted by Crippen LogP contribution is 2.36. The minimum absolute atomic E-state index is 0.165. The second-order valence-electron chi connectivity index (χ2n) is 5.67. The van der Waals surface area contributed by atoms with Crippen LogP contribution in [0, 0.1) is 0 Å². The molecule has 0 aliphatic heterocycles. The summed E-state index contributed by atoms with van der Waals surface area (Å²) in [6.07, 6.45) is 3.13. The minimum atomic E-state index is -0.317. The highest BCUT2D eigenvalue weighted by molar-refractivity contribution is 9.10. The first-order chi connectivity index (χ1) is 13.4. The van der Waals surface area contributed by atoms with Gasteiger partial charge in [0.25, 0.3) is 0 Å². The van der Waals surface area contributed by atoms with Gasteiger partial charge in [-0.3, -0.25) is 9.59 Å². The summed E-state index contributed by atoms with van der Waals surface area (Å²) in [6.45, 7) is 0.220. The topological polar surface area (TPSA) is 76.7 Å². The fraction of sp³-hybridized carbons (Fsp3) is 0.200. The second-order valence-corrected chi connectivity index (χ2v) is 6.99. The van der Waals surface area contributed by atoms with E-state index >= 15 is 0 Å². The molecular weight excluding hydrogens is 448 g/mol. The van der Waals surface area contributed by atoms with Crippen molar-refractivity contribution in [1.82, 2.24) is 5.32 Å². The van der Waals surface area contributed by atoms with Crippen LogP contribution < -0.4 is 20.1 Å². The van der Waals surface area contributed by atoms with E-state index in [2.05, 4.69) is 26.6 Å². The van der Waals surface area contributed by atoms with Crippen LogP contribution in [0.15, 0.2) is 46.9 Å². The molecule has 0 saturated carbocycles. The van der Waals surface area contributed by atoms with Crippen molar-refractivity contribution < 1.29 is 19.1 Å². The molecule has 0 aliphatic rings. The SMILES string of the molecule is COc1cc(/C=C/C(=O)NCCC(=O)Nc2ccc(Br)cc2)cc(Cl)c1OC. The summed E-state index contributed by atoms with van der Waals surface area (Å²) in [5.74, 6) is 0.405. The molecule has 0 spiro atoms. The molecule has 0 radical (unpaired) electrons. The Kier molecular flexibility index (Phi) is 8.35. The maximum Gasteiger partial charge on any atom is 0.244 e. The van der Waals surface area contributed by atoms with Crippen LogP contribution in [0.2, 0.25) is 5.02 Å². The van der Waals surface area contributed by atoms with Crippen molar-refractivity contribution in [2.75, 3.05) is 26.1 Å². The number of rotatable bonds is 8. The van der Waals surface area contributed by atoms with Gasteiger partial charge in [0.05, 0.1) is 19.2 Å². The number of carbonyl (C=O) groups excluding carboxylic acids is 2. The normalized spacial score (nSPS) is 10.6. The van der Waals surface area contributed by atoms with Gasteiger partial charge in [-0.05, 0) is 48.0 Å². The lowest BCUT2D eigenvalue weighted by Gasteiger charge is -2.10. The van der Waals surface area contributed by atoms with Crippen LogP contribution in [-0.2, 0) is 9.59 Å². The Labute approximate surface area is 177 Å². The summed E-state index contributed by atoms with van der Waals surface area (Å²) < 4.78 is 11.3. The number of carbonyl (C=O) groups is 2. The van der Waals surface area contributed by atoms with Crippen LogP contribution in [0.1, 0.15) is 12.0 Å². The fourth-order valence-electron chi connectivity index (χ4n) is 2.32. The van der Waals surface area contributed by atoms with E-state index in [1.807, 2.05) is 12.1 Å². The van der Waals surface area contributed by atoms with Gasteiger partial charge in [0, 0.05) is 29.2 Å². The number of anilines is 1. The molecule has 6 nitrogen and oxygen atoms in total. The Hall–Kier alpha value is -2.51. The standard InChI is InChI=1S/C20H20BrClN2O4/c1-27-17-12-13(11-16(22)20(17)28-2)3-8-18(25)23-10-9-19(26)24-15-6-4-14(21)5-7-15/h3-8,11-12H,9-10H2,1-2H3,(H,23,25)(H,24,26)/b8-3+. The highest BCUT2D eigenvalue weighted by Gasteiger charge is 2.10. The second kappa shape index (κ2) is 10.7. The third-order valence-corrected chi connectivity index (χ3v) is 4.47. The molecule has 2 N–H and O–H groups in total. The predicted molar refractivity (Wildman–Crippen MR) is 114 cm³/mol. The molecule has 148 valence electrons. The molecule has 0 saturated heterocycles. The third kappa shape index (κ3) is 6.58. The van der Waals surface area contributed by atoms with Crippen LogP contribution in [0.3, 0.4) is 0 Å². The minimum Gasteiger partial charge on any atom is -0.493 e. The van der Waals surface area contributed by atoms with Gasteiger partial charge in [-0.25, -0.2) is 0 Å². The smallest absolute Gasteiger partial charge is 0.244 e. The number of ether oxygens (including phenoxy) is 2. The average Bonchev–Trinajstić information content (AvgIpc) is 2.67. The Morgan fingerprint density at radius 1 is 1.14 bits per heavy atom. The molecular formula is C20H20BrClN2O4. The van der Waals surface area contributed by atoms with Crippen LogP contribution in [0.5, 0.6) is 11.5 Å². The zero-order valence-corrected chi connectivity index (χ0v) is 17.8. The molecule has 28 heavy (non-hydrogen) atoms. The molecule has 0 bridgehead atoms. The lowest BCUT2D eigenvalue weighted by atomic mass is 10.2. The van der Waals surface area contributed by atoms with E-state index in [0.29, 0.717) is 27.8 Å². The molecule has 0 unspecified atom stereocenters. The number of hydrogen-bond donors (Lipinski definition) is 2. The van der Waals surface area contributed by atoms with E-state index in [1.54, 1.807) is 30.3 Å². The molecule has 2 aromatic rings. The van der Waals surface area contributed by atoms with Gasteiger partial charge in [0.2, 0.25) is 11.8 Å². The summed E-state index contributed by atoms with van der Waals surface area (Å²) in [6, 6.07) is 10.6. The van der Waals surface area contributed by atoms with Gasteiger partial charge in [0.1, 0.15) is 0 Å². The Bertz CT molecular complexity index is 869. The van der Waals surface area contributed by atoms with Crippen LogP contribution >= 0.6 is 27.5 Å². The predicted octanol–water partition coefficient (Wildman–Crippen LogP) is 4.28. The van der Waals surface area contributed by atoms with E-state index in [-0.39, 0.29) is 24.8 Å². The lowest BCUT2D eigenvalue weighted by Crippen LogP contribution is -2.26. The van der Waals surface area contributed by atoms with Crippen molar-refractivity contribution in [3.63, 3.8) is 0 Å². The van der Waals surface area contributed by atoms with Gasteiger partial charge in [0.15, 0.2) is 11.5 Å². The zero-order chi connectivity index (χ0) is 20.5. The number of methoxy groups -OCH3 is 2. The fourth-order valence-corrected chi connectivity index (χ4v) is 2.88. The quantitative estimate of drug-likeness (QED) is 0.568. The van der Waals surface area contributed by atoms with Crippen molar-refractivity contribution in [3.05, 3.63) is 57.5 Å². The van der Waals surface area contributed by atoms with Gasteiger partial charge >= 0.3 is 0 Å². The molecule has 0 atom stereocenters. The zero-order valence-electron chi connectivity index (χ0n) is 15.4. The summed E-state index contributed by atoms with van der Waals surface area (Å²) in [5, 5.41) is 5.80. The van der Waals surface area contributed by atoms with E-state index in [9.17, 15) is 9.59 Å². The first kappa shape index (κ1) is 21.8. The molecule has 0 fully saturated rings.